The van der Waals surface area contributed by atoms with Gasteiger partial charge in [0.05, 0.1) is 10.6 Å². The Labute approximate surface area is 103 Å². The molecular formula is C10H11Cl2NOS. The minimum atomic E-state index is -0.576. The summed E-state index contributed by atoms with van der Waals surface area (Å²) in [5, 5.41) is 1.17. The Bertz CT molecular complexity index is 368. The zero-order chi connectivity index (χ0) is 11.5. The highest BCUT2D eigenvalue weighted by molar-refractivity contribution is 7.97. The van der Waals surface area contributed by atoms with Crippen molar-refractivity contribution in [2.45, 2.75) is 24.3 Å². The highest BCUT2D eigenvalue weighted by Gasteiger charge is 2.16. The van der Waals surface area contributed by atoms with E-state index in [0.717, 1.165) is 11.2 Å². The summed E-state index contributed by atoms with van der Waals surface area (Å²) in [6, 6.07) is 5.23. The molecule has 0 aliphatic rings. The number of hydrogen-bond acceptors (Lipinski definition) is 3. The summed E-state index contributed by atoms with van der Waals surface area (Å²) < 4.78 is 3.01. The standard InChI is InChI=1S/C10H11Cl2NOS/c1-10(2,6-14)13-15-9-4-3-7(11)5-8(9)12/h3-6,13H,1-2H3. The number of halogens is 2. The Morgan fingerprint density at radius 2 is 2.07 bits per heavy atom. The second kappa shape index (κ2) is 5.21. The average Bonchev–Trinajstić information content (AvgIpc) is 2.16. The number of rotatable bonds is 4. The molecule has 0 amide bonds. The molecule has 1 rings (SSSR count). The van der Waals surface area contributed by atoms with E-state index in [4.69, 9.17) is 23.2 Å². The molecule has 1 aromatic carbocycles. The minimum Gasteiger partial charge on any atom is -0.301 e. The van der Waals surface area contributed by atoms with Gasteiger partial charge < -0.3 is 4.79 Å². The Morgan fingerprint density at radius 1 is 1.40 bits per heavy atom. The minimum absolute atomic E-state index is 0.571. The van der Waals surface area contributed by atoms with Gasteiger partial charge >= 0.3 is 0 Å². The predicted octanol–water partition coefficient (Wildman–Crippen LogP) is 3.57. The van der Waals surface area contributed by atoms with Crippen molar-refractivity contribution in [3.63, 3.8) is 0 Å². The first-order valence-corrected chi connectivity index (χ1v) is 5.87. The SMILES string of the molecule is CC(C)(C=O)NSc1ccc(Cl)cc1Cl. The molecule has 0 aliphatic carbocycles. The van der Waals surface area contributed by atoms with Crippen LogP contribution in [0.2, 0.25) is 10.0 Å². The zero-order valence-corrected chi connectivity index (χ0v) is 10.7. The molecule has 0 saturated heterocycles. The third kappa shape index (κ3) is 4.03. The molecule has 0 spiro atoms. The van der Waals surface area contributed by atoms with Gasteiger partial charge in [-0.3, -0.25) is 0 Å². The number of hydrogen-bond donors (Lipinski definition) is 1. The highest BCUT2D eigenvalue weighted by Crippen LogP contribution is 2.28. The van der Waals surface area contributed by atoms with Crippen molar-refractivity contribution in [2.75, 3.05) is 0 Å². The fourth-order valence-corrected chi connectivity index (χ4v) is 2.01. The quantitative estimate of drug-likeness (QED) is 0.665. The van der Waals surface area contributed by atoms with E-state index in [9.17, 15) is 4.79 Å². The molecular weight excluding hydrogens is 253 g/mol. The van der Waals surface area contributed by atoms with Crippen LogP contribution in [0.1, 0.15) is 13.8 Å². The second-order valence-electron chi connectivity index (χ2n) is 3.62. The van der Waals surface area contributed by atoms with E-state index in [-0.39, 0.29) is 0 Å². The van der Waals surface area contributed by atoms with Crippen molar-refractivity contribution in [2.24, 2.45) is 0 Å². The average molecular weight is 264 g/mol. The first-order chi connectivity index (χ1) is 6.94. The molecule has 5 heteroatoms. The van der Waals surface area contributed by atoms with E-state index in [1.54, 1.807) is 26.0 Å². The van der Waals surface area contributed by atoms with Gasteiger partial charge in [-0.25, -0.2) is 4.72 Å². The third-order valence-corrected chi connectivity index (χ3v) is 3.48. The lowest BCUT2D eigenvalue weighted by Gasteiger charge is -2.18. The Balaban J connectivity index is 2.70. The van der Waals surface area contributed by atoms with E-state index in [0.29, 0.717) is 10.0 Å². The topological polar surface area (TPSA) is 29.1 Å². The summed E-state index contributed by atoms with van der Waals surface area (Å²) in [7, 11) is 0. The van der Waals surface area contributed by atoms with Gasteiger partial charge in [-0.05, 0) is 44.0 Å². The number of aldehydes is 1. The molecule has 0 fully saturated rings. The fourth-order valence-electron chi connectivity index (χ4n) is 0.769. The molecule has 0 atom stereocenters. The molecule has 0 saturated carbocycles. The maximum atomic E-state index is 10.7. The Morgan fingerprint density at radius 3 is 2.60 bits per heavy atom. The van der Waals surface area contributed by atoms with Crippen LogP contribution in [0.15, 0.2) is 23.1 Å². The van der Waals surface area contributed by atoms with Crippen molar-refractivity contribution in [3.05, 3.63) is 28.2 Å². The summed E-state index contributed by atoms with van der Waals surface area (Å²) >= 11 is 13.0. The number of carbonyl (C=O) groups excluding carboxylic acids is 1. The van der Waals surface area contributed by atoms with Crippen molar-refractivity contribution in [1.29, 1.82) is 0 Å². The third-order valence-electron chi connectivity index (χ3n) is 1.61. The number of carbonyl (C=O) groups is 1. The van der Waals surface area contributed by atoms with E-state index in [1.807, 2.05) is 6.07 Å². The van der Waals surface area contributed by atoms with Crippen molar-refractivity contribution in [3.8, 4) is 0 Å². The molecule has 1 aromatic rings. The molecule has 82 valence electrons. The van der Waals surface area contributed by atoms with Crippen molar-refractivity contribution >= 4 is 41.4 Å². The molecule has 0 heterocycles. The predicted molar refractivity (Wildman–Crippen MR) is 65.6 cm³/mol. The summed E-state index contributed by atoms with van der Waals surface area (Å²) in [5.74, 6) is 0. The van der Waals surface area contributed by atoms with Crippen LogP contribution in [-0.4, -0.2) is 11.8 Å². The van der Waals surface area contributed by atoms with Crippen LogP contribution >= 0.6 is 35.1 Å². The second-order valence-corrected chi connectivity index (χ2v) is 5.31. The van der Waals surface area contributed by atoms with E-state index in [1.165, 1.54) is 11.9 Å². The van der Waals surface area contributed by atoms with Crippen LogP contribution in [0, 0.1) is 0 Å². The van der Waals surface area contributed by atoms with Crippen LogP contribution < -0.4 is 4.72 Å². The van der Waals surface area contributed by atoms with Crippen LogP contribution in [0.3, 0.4) is 0 Å². The summed E-state index contributed by atoms with van der Waals surface area (Å²) in [4.78, 5) is 11.5. The van der Waals surface area contributed by atoms with Gasteiger partial charge in [0, 0.05) is 9.92 Å². The first kappa shape index (κ1) is 12.8. The van der Waals surface area contributed by atoms with Gasteiger partial charge in [-0.15, -0.1) is 0 Å². The molecule has 0 unspecified atom stereocenters. The fraction of sp³-hybridized carbons (Fsp3) is 0.300. The number of benzene rings is 1. The maximum Gasteiger partial charge on any atom is 0.140 e. The lowest BCUT2D eigenvalue weighted by atomic mass is 10.1. The molecule has 0 radical (unpaired) electrons. The van der Waals surface area contributed by atoms with E-state index >= 15 is 0 Å². The lowest BCUT2D eigenvalue weighted by Crippen LogP contribution is -2.35. The van der Waals surface area contributed by atoms with Gasteiger partial charge in [0.25, 0.3) is 0 Å². The van der Waals surface area contributed by atoms with Crippen molar-refractivity contribution < 1.29 is 4.79 Å². The summed E-state index contributed by atoms with van der Waals surface area (Å²) in [6.45, 7) is 3.58. The zero-order valence-electron chi connectivity index (χ0n) is 8.38. The monoisotopic (exact) mass is 263 g/mol. The number of nitrogens with one attached hydrogen (secondary N) is 1. The lowest BCUT2D eigenvalue weighted by molar-refractivity contribution is -0.111. The Hall–Kier alpha value is -0.220. The van der Waals surface area contributed by atoms with Gasteiger partial charge in [-0.1, -0.05) is 23.2 Å². The highest BCUT2D eigenvalue weighted by atomic mass is 35.5. The van der Waals surface area contributed by atoms with Gasteiger partial charge in [0.1, 0.15) is 6.29 Å². The van der Waals surface area contributed by atoms with E-state index < -0.39 is 5.54 Å². The molecule has 0 aromatic heterocycles. The largest absolute Gasteiger partial charge is 0.301 e. The summed E-state index contributed by atoms with van der Waals surface area (Å²) in [5.41, 5.74) is -0.576. The Kier molecular flexibility index (Phi) is 4.46. The smallest absolute Gasteiger partial charge is 0.140 e. The van der Waals surface area contributed by atoms with Crippen molar-refractivity contribution in [1.82, 2.24) is 4.72 Å². The molecule has 2 nitrogen and oxygen atoms in total. The van der Waals surface area contributed by atoms with Crippen LogP contribution in [-0.2, 0) is 4.79 Å². The first-order valence-electron chi connectivity index (χ1n) is 4.30. The van der Waals surface area contributed by atoms with Crippen LogP contribution in [0.4, 0.5) is 0 Å². The molecule has 15 heavy (non-hydrogen) atoms. The maximum absolute atomic E-state index is 10.7. The normalized spacial score (nSPS) is 11.5. The van der Waals surface area contributed by atoms with Gasteiger partial charge in [-0.2, -0.15) is 0 Å². The summed E-state index contributed by atoms with van der Waals surface area (Å²) in [6.07, 6.45) is 0.851. The van der Waals surface area contributed by atoms with Crippen LogP contribution in [0.5, 0.6) is 0 Å². The van der Waals surface area contributed by atoms with Gasteiger partial charge in [0.2, 0.25) is 0 Å². The van der Waals surface area contributed by atoms with Gasteiger partial charge in [0.15, 0.2) is 0 Å². The molecule has 0 aliphatic heterocycles. The molecule has 1 N–H and O–H groups in total. The molecule has 0 bridgehead atoms. The van der Waals surface area contributed by atoms with Crippen LogP contribution in [0.25, 0.3) is 0 Å². The van der Waals surface area contributed by atoms with E-state index in [2.05, 4.69) is 4.72 Å².